The molecule has 25 heavy (non-hydrogen) atoms. The first kappa shape index (κ1) is 16.4. The van der Waals surface area contributed by atoms with Crippen LogP contribution < -0.4 is 10.5 Å². The number of nitrogens with two attached hydrogens (primary N) is 1. The quantitative estimate of drug-likeness (QED) is 0.731. The number of benzene rings is 1. The highest BCUT2D eigenvalue weighted by Gasteiger charge is 2.22. The third kappa shape index (κ3) is 3.01. The minimum atomic E-state index is -3.67. The summed E-state index contributed by atoms with van der Waals surface area (Å²) in [4.78, 5) is 11.4. The van der Waals surface area contributed by atoms with Crippen LogP contribution in [-0.2, 0) is 22.9 Å². The molecule has 1 atom stereocenters. The Balaban J connectivity index is 1.65. The van der Waals surface area contributed by atoms with Gasteiger partial charge < -0.3 is 5.32 Å². The average molecular weight is 374 g/mol. The number of anilines is 1. The van der Waals surface area contributed by atoms with E-state index in [1.165, 1.54) is 29.0 Å². The number of nitrogens with zero attached hydrogens (tertiary/aromatic N) is 2. The van der Waals surface area contributed by atoms with E-state index in [9.17, 15) is 8.42 Å². The Morgan fingerprint density at radius 3 is 2.68 bits per heavy atom. The number of sulfonamides is 1. The van der Waals surface area contributed by atoms with Gasteiger partial charge in [-0.05, 0) is 49.4 Å². The second-order valence-electron chi connectivity index (χ2n) is 6.24. The number of rotatable bonds is 4. The Labute approximate surface area is 150 Å². The van der Waals surface area contributed by atoms with E-state index in [2.05, 4.69) is 15.3 Å². The summed E-state index contributed by atoms with van der Waals surface area (Å²) in [6.45, 7) is 2.02. The summed E-state index contributed by atoms with van der Waals surface area (Å²) in [6.07, 6.45) is 4.98. The highest BCUT2D eigenvalue weighted by atomic mass is 32.2. The van der Waals surface area contributed by atoms with Crippen LogP contribution >= 0.6 is 11.3 Å². The van der Waals surface area contributed by atoms with Gasteiger partial charge in [0.25, 0.3) is 0 Å². The third-order valence-electron chi connectivity index (χ3n) is 4.56. The van der Waals surface area contributed by atoms with E-state index in [0.717, 1.165) is 34.4 Å². The van der Waals surface area contributed by atoms with Crippen molar-refractivity contribution in [1.82, 2.24) is 9.97 Å². The fourth-order valence-electron chi connectivity index (χ4n) is 3.27. The molecule has 8 heteroatoms. The average Bonchev–Trinajstić information content (AvgIpc) is 3.15. The number of aromatic nitrogens is 2. The maximum atomic E-state index is 11.4. The molecular weight excluding hydrogens is 356 g/mol. The smallest absolute Gasteiger partial charge is 0.238 e. The molecule has 6 nitrogen and oxygen atoms in total. The number of primary sulfonamides is 1. The summed E-state index contributed by atoms with van der Waals surface area (Å²) in [5.41, 5.74) is 2.34. The predicted molar refractivity (Wildman–Crippen MR) is 99.3 cm³/mol. The van der Waals surface area contributed by atoms with Crippen molar-refractivity contribution in [3.63, 3.8) is 0 Å². The number of hydrogen-bond donors (Lipinski definition) is 2. The molecule has 3 N–H and O–H groups in total. The van der Waals surface area contributed by atoms with E-state index in [4.69, 9.17) is 5.14 Å². The number of nitrogens with one attached hydrogen (secondary N) is 1. The molecule has 2 aromatic heterocycles. The summed E-state index contributed by atoms with van der Waals surface area (Å²) in [6, 6.07) is 6.58. The molecule has 0 unspecified atom stereocenters. The van der Waals surface area contributed by atoms with Crippen LogP contribution in [0.1, 0.15) is 35.4 Å². The zero-order valence-electron chi connectivity index (χ0n) is 13.7. The van der Waals surface area contributed by atoms with Crippen molar-refractivity contribution < 1.29 is 8.42 Å². The number of hydrogen-bond acceptors (Lipinski definition) is 6. The summed E-state index contributed by atoms with van der Waals surface area (Å²) in [5, 5.41) is 9.73. The Morgan fingerprint density at radius 2 is 1.96 bits per heavy atom. The first-order valence-electron chi connectivity index (χ1n) is 8.08. The molecule has 0 bridgehead atoms. The molecule has 0 spiro atoms. The lowest BCUT2D eigenvalue weighted by atomic mass is 10.1. The zero-order chi connectivity index (χ0) is 17.6. The lowest BCUT2D eigenvalue weighted by Gasteiger charge is -2.16. The molecule has 0 fully saturated rings. The molecule has 130 valence electrons. The number of fused-ring (bicyclic) bond motifs is 3. The first-order chi connectivity index (χ1) is 11.9. The van der Waals surface area contributed by atoms with Crippen molar-refractivity contribution in [2.45, 2.75) is 37.1 Å². The fourth-order valence-corrected chi connectivity index (χ4v) is 5.02. The van der Waals surface area contributed by atoms with Gasteiger partial charge >= 0.3 is 0 Å². The van der Waals surface area contributed by atoms with Gasteiger partial charge in [-0.15, -0.1) is 11.3 Å². The van der Waals surface area contributed by atoms with Crippen molar-refractivity contribution in [3.8, 4) is 0 Å². The molecule has 0 radical (unpaired) electrons. The van der Waals surface area contributed by atoms with Gasteiger partial charge in [0.15, 0.2) is 0 Å². The van der Waals surface area contributed by atoms with Crippen LogP contribution in [0.2, 0.25) is 0 Å². The highest BCUT2D eigenvalue weighted by molar-refractivity contribution is 7.89. The molecule has 2 heterocycles. The minimum absolute atomic E-state index is 0.0235. The predicted octanol–water partition coefficient (Wildman–Crippen LogP) is 3.00. The van der Waals surface area contributed by atoms with Crippen molar-refractivity contribution in [3.05, 3.63) is 46.6 Å². The van der Waals surface area contributed by atoms with E-state index in [0.29, 0.717) is 0 Å². The summed E-state index contributed by atoms with van der Waals surface area (Å²) >= 11 is 1.76. The van der Waals surface area contributed by atoms with E-state index >= 15 is 0 Å². The second kappa shape index (κ2) is 6.05. The van der Waals surface area contributed by atoms with Crippen molar-refractivity contribution >= 4 is 37.4 Å². The maximum Gasteiger partial charge on any atom is 0.238 e. The van der Waals surface area contributed by atoms with Gasteiger partial charge in [-0.2, -0.15) is 0 Å². The zero-order valence-corrected chi connectivity index (χ0v) is 15.3. The number of thiophene rings is 1. The molecule has 0 saturated carbocycles. The van der Waals surface area contributed by atoms with Gasteiger partial charge in [-0.25, -0.2) is 23.5 Å². The van der Waals surface area contributed by atoms with Crippen LogP contribution in [0.4, 0.5) is 5.82 Å². The Kier molecular flexibility index (Phi) is 3.98. The second-order valence-corrected chi connectivity index (χ2v) is 8.88. The largest absolute Gasteiger partial charge is 0.363 e. The topological polar surface area (TPSA) is 98.0 Å². The minimum Gasteiger partial charge on any atom is -0.363 e. The third-order valence-corrected chi connectivity index (χ3v) is 6.69. The lowest BCUT2D eigenvalue weighted by Crippen LogP contribution is -2.13. The van der Waals surface area contributed by atoms with E-state index in [1.54, 1.807) is 29.8 Å². The highest BCUT2D eigenvalue weighted by Crippen LogP contribution is 2.39. The molecule has 1 aliphatic rings. The van der Waals surface area contributed by atoms with Crippen molar-refractivity contribution in [1.29, 1.82) is 0 Å². The summed E-state index contributed by atoms with van der Waals surface area (Å²) in [7, 11) is -3.67. The Morgan fingerprint density at radius 1 is 1.20 bits per heavy atom. The standard InChI is InChI=1S/C17H18N4O2S2/c1-10(11-5-7-12(8-6-11)25(18,22)23)21-16-15-13-3-2-4-14(13)24-17(15)20-9-19-16/h5-10H,2-4H2,1H3,(H2,18,22,23)(H,19,20,21)/t10-/m0/s1. The van der Waals surface area contributed by atoms with E-state index in [-0.39, 0.29) is 10.9 Å². The monoisotopic (exact) mass is 374 g/mol. The van der Waals surface area contributed by atoms with Gasteiger partial charge in [0.1, 0.15) is 17.0 Å². The van der Waals surface area contributed by atoms with Crippen molar-refractivity contribution in [2.24, 2.45) is 5.14 Å². The van der Waals surface area contributed by atoms with E-state index < -0.39 is 10.0 Å². The molecule has 0 saturated heterocycles. The SMILES string of the molecule is C[C@H](Nc1ncnc2sc3c(c12)CCC3)c1ccc(S(N)(=O)=O)cc1. The summed E-state index contributed by atoms with van der Waals surface area (Å²) in [5.74, 6) is 0.840. The molecule has 0 amide bonds. The van der Waals surface area contributed by atoms with Crippen LogP contribution in [0.5, 0.6) is 0 Å². The molecule has 4 rings (SSSR count). The summed E-state index contributed by atoms with van der Waals surface area (Å²) < 4.78 is 22.8. The van der Waals surface area contributed by atoms with Crippen LogP contribution in [-0.4, -0.2) is 18.4 Å². The van der Waals surface area contributed by atoms with Gasteiger partial charge in [0, 0.05) is 10.9 Å². The normalized spacial score (nSPS) is 15.3. The maximum absolute atomic E-state index is 11.4. The molecule has 1 aromatic carbocycles. The van der Waals surface area contributed by atoms with Gasteiger partial charge in [0.05, 0.1) is 10.3 Å². The molecule has 1 aliphatic carbocycles. The molecule has 0 aliphatic heterocycles. The van der Waals surface area contributed by atoms with Gasteiger partial charge in [-0.3, -0.25) is 0 Å². The van der Waals surface area contributed by atoms with Crippen LogP contribution in [0.25, 0.3) is 10.2 Å². The molecule has 3 aromatic rings. The van der Waals surface area contributed by atoms with Gasteiger partial charge in [0.2, 0.25) is 10.0 Å². The van der Waals surface area contributed by atoms with Crippen LogP contribution in [0.3, 0.4) is 0 Å². The van der Waals surface area contributed by atoms with E-state index in [1.807, 2.05) is 6.92 Å². The lowest BCUT2D eigenvalue weighted by molar-refractivity contribution is 0.597. The molecular formula is C17H18N4O2S2. The first-order valence-corrected chi connectivity index (χ1v) is 10.4. The number of aryl methyl sites for hydroxylation is 2. The Bertz CT molecular complexity index is 1040. The van der Waals surface area contributed by atoms with Crippen LogP contribution in [0, 0.1) is 0 Å². The fraction of sp³-hybridized carbons (Fsp3) is 0.294. The van der Waals surface area contributed by atoms with Crippen molar-refractivity contribution in [2.75, 3.05) is 5.32 Å². The Hall–Kier alpha value is -2.03. The van der Waals surface area contributed by atoms with Gasteiger partial charge in [-0.1, -0.05) is 12.1 Å². The van der Waals surface area contributed by atoms with Crippen LogP contribution in [0.15, 0.2) is 35.5 Å².